The Morgan fingerprint density at radius 2 is 1.71 bits per heavy atom. The number of hydrogen-bond acceptors (Lipinski definition) is 4. The zero-order chi connectivity index (χ0) is 16.8. The van der Waals surface area contributed by atoms with Crippen LogP contribution in [0.3, 0.4) is 0 Å². The van der Waals surface area contributed by atoms with Crippen LogP contribution in [0.15, 0.2) is 36.4 Å². The van der Waals surface area contributed by atoms with Crippen molar-refractivity contribution >= 4 is 38.3 Å². The molecule has 0 aliphatic heterocycles. The number of carbonyl (C=O) groups excluding carboxylic acids is 1. The van der Waals surface area contributed by atoms with E-state index in [1.54, 1.807) is 32.4 Å². The van der Waals surface area contributed by atoms with Crippen molar-refractivity contribution in [2.45, 2.75) is 13.8 Å². The second kappa shape index (κ2) is 9.74. The summed E-state index contributed by atoms with van der Waals surface area (Å²) >= 11 is 0. The topological polar surface area (TPSA) is 44.8 Å². The van der Waals surface area contributed by atoms with E-state index in [1.165, 1.54) is 0 Å². The van der Waals surface area contributed by atoms with Crippen LogP contribution in [0.1, 0.15) is 22.8 Å². The third kappa shape index (κ3) is 4.77. The fraction of sp³-hybridized carbons (Fsp3) is 0.278. The maximum atomic E-state index is 12.8. The molecule has 0 amide bonds. The van der Waals surface area contributed by atoms with E-state index in [4.69, 9.17) is 14.2 Å². The Kier molecular flexibility index (Phi) is 8.35. The molecule has 6 heteroatoms. The van der Waals surface area contributed by atoms with E-state index >= 15 is 0 Å². The fourth-order valence-electron chi connectivity index (χ4n) is 2.29. The number of carbonyl (C=O) groups is 1. The molecule has 0 spiro atoms. The first-order valence-corrected chi connectivity index (χ1v) is 8.36. The van der Waals surface area contributed by atoms with Gasteiger partial charge >= 0.3 is 0 Å². The molecule has 0 bridgehead atoms. The first-order chi connectivity index (χ1) is 11.1. The minimum Gasteiger partial charge on any atom is -0.496 e. The van der Waals surface area contributed by atoms with Gasteiger partial charge in [-0.15, -0.1) is 0 Å². The average molecular weight is 339 g/mol. The van der Waals surface area contributed by atoms with Gasteiger partial charge in [0.15, 0.2) is 5.52 Å². The molecular weight excluding hydrogens is 318 g/mol. The Labute approximate surface area is 156 Å². The standard InChI is InChI=1S/C18H21O4P.Li/c1-5-22-13-9-10-16(12(2)11-13)23-18(19)17-14(20-3)7-6-8-15(17)21-4;/h6-11,23H,5H2,1-4H3;. The van der Waals surface area contributed by atoms with Crippen LogP contribution in [0, 0.1) is 6.92 Å². The predicted octanol–water partition coefficient (Wildman–Crippen LogP) is 3.17. The SMILES string of the molecule is CCOc1ccc(PC(=O)c2c(OC)cccc2OC)c(C)c1.[Li]. The summed E-state index contributed by atoms with van der Waals surface area (Å²) in [5.41, 5.74) is 1.52. The Hall–Kier alpha value is -1.46. The number of benzene rings is 2. The van der Waals surface area contributed by atoms with E-state index in [9.17, 15) is 4.79 Å². The molecule has 123 valence electrons. The van der Waals surface area contributed by atoms with Crippen molar-refractivity contribution in [3.8, 4) is 17.2 Å². The molecule has 2 aromatic carbocycles. The normalized spacial score (nSPS) is 10.3. The van der Waals surface area contributed by atoms with Crippen LogP contribution in [0.4, 0.5) is 0 Å². The van der Waals surface area contributed by atoms with Crippen molar-refractivity contribution < 1.29 is 19.0 Å². The van der Waals surface area contributed by atoms with Gasteiger partial charge in [-0.1, -0.05) is 12.1 Å². The summed E-state index contributed by atoms with van der Waals surface area (Å²) in [4.78, 5) is 12.8. The van der Waals surface area contributed by atoms with Crippen LogP contribution in [0.2, 0.25) is 0 Å². The molecule has 0 aliphatic carbocycles. The maximum absolute atomic E-state index is 12.8. The van der Waals surface area contributed by atoms with Gasteiger partial charge in [0.1, 0.15) is 22.8 Å². The van der Waals surface area contributed by atoms with Crippen molar-refractivity contribution in [1.82, 2.24) is 0 Å². The summed E-state index contributed by atoms with van der Waals surface area (Å²) in [7, 11) is 3.10. The van der Waals surface area contributed by atoms with Crippen LogP contribution in [0.25, 0.3) is 0 Å². The van der Waals surface area contributed by atoms with Gasteiger partial charge in [-0.05, 0) is 57.6 Å². The largest absolute Gasteiger partial charge is 0.496 e. The molecule has 1 unspecified atom stereocenters. The van der Waals surface area contributed by atoms with Gasteiger partial charge in [0.2, 0.25) is 0 Å². The van der Waals surface area contributed by atoms with E-state index in [2.05, 4.69) is 0 Å². The van der Waals surface area contributed by atoms with Crippen LogP contribution < -0.4 is 19.5 Å². The molecule has 1 atom stereocenters. The van der Waals surface area contributed by atoms with Gasteiger partial charge in [0, 0.05) is 18.9 Å². The molecule has 24 heavy (non-hydrogen) atoms. The number of ether oxygens (including phenoxy) is 3. The molecule has 0 saturated carbocycles. The molecule has 0 saturated heterocycles. The second-order valence-corrected chi connectivity index (χ2v) is 6.14. The van der Waals surface area contributed by atoms with Gasteiger partial charge in [0.05, 0.1) is 20.8 Å². The van der Waals surface area contributed by atoms with Crippen LogP contribution in [-0.4, -0.2) is 45.2 Å². The minimum atomic E-state index is -0.00781. The quantitative estimate of drug-likeness (QED) is 0.574. The van der Waals surface area contributed by atoms with Crippen molar-refractivity contribution in [3.05, 3.63) is 47.5 Å². The molecule has 1 radical (unpaired) electrons. The van der Waals surface area contributed by atoms with Crippen molar-refractivity contribution in [2.24, 2.45) is 0 Å². The molecule has 0 aromatic heterocycles. The zero-order valence-corrected chi connectivity index (χ0v) is 15.8. The molecule has 0 N–H and O–H groups in total. The molecular formula is C18H21LiO4P. The summed E-state index contributed by atoms with van der Waals surface area (Å²) in [6.07, 6.45) is 0. The molecule has 4 nitrogen and oxygen atoms in total. The van der Waals surface area contributed by atoms with Gasteiger partial charge < -0.3 is 14.2 Å². The van der Waals surface area contributed by atoms with Gasteiger partial charge in [-0.25, -0.2) is 0 Å². The Morgan fingerprint density at radius 1 is 1.08 bits per heavy atom. The number of methoxy groups -OCH3 is 2. The molecule has 2 rings (SSSR count). The Bertz CT molecular complexity index is 681. The van der Waals surface area contributed by atoms with Crippen LogP contribution in [-0.2, 0) is 0 Å². The van der Waals surface area contributed by atoms with Crippen molar-refractivity contribution in [1.29, 1.82) is 0 Å². The van der Waals surface area contributed by atoms with E-state index < -0.39 is 0 Å². The summed E-state index contributed by atoms with van der Waals surface area (Å²) in [6.45, 7) is 4.55. The molecule has 0 fully saturated rings. The average Bonchev–Trinajstić information content (AvgIpc) is 2.56. The predicted molar refractivity (Wildman–Crippen MR) is 99.9 cm³/mol. The smallest absolute Gasteiger partial charge is 0.193 e. The molecule has 2 aromatic rings. The zero-order valence-electron chi connectivity index (χ0n) is 14.8. The summed E-state index contributed by atoms with van der Waals surface area (Å²) in [5.74, 6) is 1.89. The van der Waals surface area contributed by atoms with E-state index in [1.807, 2.05) is 32.0 Å². The number of hydrogen-bond donors (Lipinski definition) is 0. The third-order valence-electron chi connectivity index (χ3n) is 3.41. The van der Waals surface area contributed by atoms with Crippen molar-refractivity contribution in [2.75, 3.05) is 20.8 Å². The number of aryl methyl sites for hydroxylation is 1. The Balaban J connectivity index is 0.00000288. The molecule has 0 heterocycles. The third-order valence-corrected chi connectivity index (χ3v) is 4.72. The van der Waals surface area contributed by atoms with Gasteiger partial charge in [0.25, 0.3) is 0 Å². The van der Waals surface area contributed by atoms with E-state index in [0.717, 1.165) is 16.6 Å². The maximum Gasteiger partial charge on any atom is 0.193 e. The fourth-order valence-corrected chi connectivity index (χ4v) is 3.34. The summed E-state index contributed by atoms with van der Waals surface area (Å²) in [6, 6.07) is 11.1. The first-order valence-electron chi connectivity index (χ1n) is 7.36. The summed E-state index contributed by atoms with van der Waals surface area (Å²) < 4.78 is 16.1. The van der Waals surface area contributed by atoms with Crippen molar-refractivity contribution in [3.63, 3.8) is 0 Å². The first kappa shape index (κ1) is 20.6. The number of rotatable bonds is 7. The van der Waals surface area contributed by atoms with E-state index in [-0.39, 0.29) is 33.0 Å². The van der Waals surface area contributed by atoms with Crippen LogP contribution >= 0.6 is 8.58 Å². The Morgan fingerprint density at radius 3 is 2.21 bits per heavy atom. The second-order valence-electron chi connectivity index (χ2n) is 4.90. The van der Waals surface area contributed by atoms with Gasteiger partial charge in [-0.3, -0.25) is 4.79 Å². The monoisotopic (exact) mass is 339 g/mol. The van der Waals surface area contributed by atoms with Gasteiger partial charge in [-0.2, -0.15) is 0 Å². The van der Waals surface area contributed by atoms with Crippen LogP contribution in [0.5, 0.6) is 17.2 Å². The van der Waals surface area contributed by atoms with E-state index in [0.29, 0.717) is 23.7 Å². The minimum absolute atomic E-state index is 0. The molecule has 0 aliphatic rings. The summed E-state index contributed by atoms with van der Waals surface area (Å²) in [5, 5.41) is 0.992.